The Morgan fingerprint density at radius 1 is 1.12 bits per heavy atom. The highest BCUT2D eigenvalue weighted by Crippen LogP contribution is 2.40. The van der Waals surface area contributed by atoms with Crippen molar-refractivity contribution in [2.24, 2.45) is 0 Å². The van der Waals surface area contributed by atoms with Crippen molar-refractivity contribution in [2.75, 3.05) is 31.8 Å². The van der Waals surface area contributed by atoms with Crippen molar-refractivity contribution in [2.45, 2.75) is 13.8 Å². The molecule has 1 aliphatic rings. The number of halogens is 1. The molecular weight excluding hydrogens is 530 g/mol. The Kier molecular flexibility index (Phi) is 8.76. The summed E-state index contributed by atoms with van der Waals surface area (Å²) in [5.41, 5.74) is 1.38. The average molecular weight is 552 g/mol. The standard InChI is InChI=1S/C23H22BrNO6S2/c1-4-29-16-8-6-15(7-9-16)25-22(27)19(33-23(25)32)12-14-10-17(24)21(18(11-14)30-5-2)31-13-20(26)28-3/h6-12H,4-5,13H2,1-3H3/b19-12-. The van der Waals surface area contributed by atoms with Gasteiger partial charge in [-0.25, -0.2) is 4.79 Å². The molecular formula is C23H22BrNO6S2. The molecule has 0 aliphatic carbocycles. The highest BCUT2D eigenvalue weighted by molar-refractivity contribution is 9.10. The van der Waals surface area contributed by atoms with Crippen molar-refractivity contribution in [1.29, 1.82) is 0 Å². The number of amides is 1. The number of nitrogens with zero attached hydrogens (tertiary/aromatic N) is 1. The van der Waals surface area contributed by atoms with Gasteiger partial charge in [-0.15, -0.1) is 0 Å². The van der Waals surface area contributed by atoms with Gasteiger partial charge in [0, 0.05) is 0 Å². The van der Waals surface area contributed by atoms with E-state index in [2.05, 4.69) is 20.7 Å². The molecule has 2 aromatic rings. The topological polar surface area (TPSA) is 74.3 Å². The number of carbonyl (C=O) groups is 2. The van der Waals surface area contributed by atoms with Crippen molar-refractivity contribution in [3.8, 4) is 17.2 Å². The van der Waals surface area contributed by atoms with E-state index < -0.39 is 5.97 Å². The molecule has 3 rings (SSSR count). The number of benzene rings is 2. The fourth-order valence-corrected chi connectivity index (χ4v) is 4.84. The fraction of sp³-hybridized carbons (Fsp3) is 0.261. The van der Waals surface area contributed by atoms with E-state index in [1.165, 1.54) is 23.8 Å². The average Bonchev–Trinajstić information content (AvgIpc) is 3.06. The SMILES string of the molecule is CCOc1ccc(N2C(=O)/C(=C/c3cc(Br)c(OCC(=O)OC)c(OCC)c3)SC2=S)cc1. The number of ether oxygens (including phenoxy) is 4. The van der Waals surface area contributed by atoms with Crippen LogP contribution in [0, 0.1) is 0 Å². The van der Waals surface area contributed by atoms with Crippen molar-refractivity contribution in [3.63, 3.8) is 0 Å². The van der Waals surface area contributed by atoms with Crippen LogP contribution in [0.25, 0.3) is 6.08 Å². The first kappa shape index (κ1) is 25.1. The molecule has 1 amide bonds. The monoisotopic (exact) mass is 551 g/mol. The first-order valence-electron chi connectivity index (χ1n) is 10.0. The number of thioether (sulfide) groups is 1. The van der Waals surface area contributed by atoms with Gasteiger partial charge in [0.25, 0.3) is 5.91 Å². The number of thiocarbonyl (C=S) groups is 1. The lowest BCUT2D eigenvalue weighted by molar-refractivity contribution is -0.142. The molecule has 0 N–H and O–H groups in total. The van der Waals surface area contributed by atoms with E-state index in [1.807, 2.05) is 13.8 Å². The van der Waals surface area contributed by atoms with Crippen molar-refractivity contribution < 1.29 is 28.5 Å². The summed E-state index contributed by atoms with van der Waals surface area (Å²) in [5.74, 6) is 0.816. The molecule has 0 aromatic heterocycles. The van der Waals surface area contributed by atoms with E-state index >= 15 is 0 Å². The lowest BCUT2D eigenvalue weighted by Gasteiger charge is -2.15. The van der Waals surface area contributed by atoms with Crippen LogP contribution in [0.2, 0.25) is 0 Å². The van der Waals surface area contributed by atoms with Gasteiger partial charge in [0.05, 0.1) is 35.4 Å². The molecule has 0 unspecified atom stereocenters. The van der Waals surface area contributed by atoms with Crippen LogP contribution in [-0.2, 0) is 14.3 Å². The zero-order valence-corrected chi connectivity index (χ0v) is 21.5. The highest BCUT2D eigenvalue weighted by atomic mass is 79.9. The second-order valence-corrected chi connectivity index (χ2v) is 9.10. The largest absolute Gasteiger partial charge is 0.494 e. The molecule has 10 heteroatoms. The third-order valence-corrected chi connectivity index (χ3v) is 6.28. The van der Waals surface area contributed by atoms with Gasteiger partial charge in [0.1, 0.15) is 5.75 Å². The Bertz CT molecular complexity index is 1090. The Morgan fingerprint density at radius 2 is 1.82 bits per heavy atom. The van der Waals surface area contributed by atoms with Gasteiger partial charge in [0.15, 0.2) is 22.4 Å². The smallest absolute Gasteiger partial charge is 0.343 e. The summed E-state index contributed by atoms with van der Waals surface area (Å²) in [7, 11) is 1.29. The predicted octanol–water partition coefficient (Wildman–Crippen LogP) is 5.20. The minimum atomic E-state index is -0.508. The Labute approximate surface area is 210 Å². The van der Waals surface area contributed by atoms with Crippen LogP contribution < -0.4 is 19.1 Å². The molecule has 0 atom stereocenters. The van der Waals surface area contributed by atoms with Gasteiger partial charge >= 0.3 is 5.97 Å². The molecule has 1 aliphatic heterocycles. The summed E-state index contributed by atoms with van der Waals surface area (Å²) < 4.78 is 22.3. The first-order chi connectivity index (χ1) is 15.9. The summed E-state index contributed by atoms with van der Waals surface area (Å²) in [6.07, 6.45) is 1.74. The van der Waals surface area contributed by atoms with E-state index in [-0.39, 0.29) is 12.5 Å². The molecule has 0 bridgehead atoms. The number of anilines is 1. The maximum atomic E-state index is 13.1. The van der Waals surface area contributed by atoms with Crippen LogP contribution in [0.5, 0.6) is 17.2 Å². The maximum Gasteiger partial charge on any atom is 0.343 e. The van der Waals surface area contributed by atoms with Gasteiger partial charge < -0.3 is 18.9 Å². The molecule has 0 spiro atoms. The lowest BCUT2D eigenvalue weighted by Crippen LogP contribution is -2.27. The normalized spacial score (nSPS) is 14.5. The predicted molar refractivity (Wildman–Crippen MR) is 136 cm³/mol. The van der Waals surface area contributed by atoms with E-state index in [0.717, 1.165) is 5.75 Å². The van der Waals surface area contributed by atoms with Crippen molar-refractivity contribution in [1.82, 2.24) is 0 Å². The Balaban J connectivity index is 1.87. The van der Waals surface area contributed by atoms with Crippen LogP contribution >= 0.6 is 39.9 Å². The van der Waals surface area contributed by atoms with Crippen LogP contribution in [0.4, 0.5) is 5.69 Å². The second kappa shape index (κ2) is 11.5. The number of esters is 1. The van der Waals surface area contributed by atoms with Gasteiger partial charge in [-0.3, -0.25) is 9.69 Å². The summed E-state index contributed by atoms with van der Waals surface area (Å²) >= 11 is 10.1. The molecule has 1 fully saturated rings. The molecule has 0 radical (unpaired) electrons. The zero-order chi connectivity index (χ0) is 24.0. The molecule has 1 saturated heterocycles. The van der Waals surface area contributed by atoms with Crippen LogP contribution in [0.1, 0.15) is 19.4 Å². The third-order valence-electron chi connectivity index (χ3n) is 4.39. The quantitative estimate of drug-likeness (QED) is 0.239. The molecule has 33 heavy (non-hydrogen) atoms. The van der Waals surface area contributed by atoms with Crippen LogP contribution in [-0.4, -0.2) is 43.1 Å². The molecule has 2 aromatic carbocycles. The third kappa shape index (κ3) is 6.07. The number of rotatable bonds is 9. The van der Waals surface area contributed by atoms with Gasteiger partial charge in [-0.1, -0.05) is 24.0 Å². The first-order valence-corrected chi connectivity index (χ1v) is 12.1. The molecule has 7 nitrogen and oxygen atoms in total. The summed E-state index contributed by atoms with van der Waals surface area (Å²) in [5, 5.41) is 0. The number of methoxy groups -OCH3 is 1. The van der Waals surface area contributed by atoms with Gasteiger partial charge in [0.2, 0.25) is 0 Å². The Morgan fingerprint density at radius 3 is 2.45 bits per heavy atom. The summed E-state index contributed by atoms with van der Waals surface area (Å²) in [4.78, 5) is 26.5. The molecule has 174 valence electrons. The maximum absolute atomic E-state index is 13.1. The van der Waals surface area contributed by atoms with Gasteiger partial charge in [-0.2, -0.15) is 0 Å². The van der Waals surface area contributed by atoms with Crippen LogP contribution in [0.15, 0.2) is 45.8 Å². The molecule has 1 heterocycles. The highest BCUT2D eigenvalue weighted by Gasteiger charge is 2.33. The van der Waals surface area contributed by atoms with E-state index in [0.29, 0.717) is 49.7 Å². The summed E-state index contributed by atoms with van der Waals surface area (Å²) in [6, 6.07) is 10.7. The zero-order valence-electron chi connectivity index (χ0n) is 18.3. The Hall–Kier alpha value is -2.56. The molecule has 0 saturated carbocycles. The summed E-state index contributed by atoms with van der Waals surface area (Å²) in [6.45, 7) is 4.45. The van der Waals surface area contributed by atoms with Crippen molar-refractivity contribution >= 4 is 67.9 Å². The van der Waals surface area contributed by atoms with Crippen LogP contribution in [0.3, 0.4) is 0 Å². The minimum absolute atomic E-state index is 0.214. The van der Waals surface area contributed by atoms with Gasteiger partial charge in [-0.05, 0) is 77.8 Å². The van der Waals surface area contributed by atoms with E-state index in [9.17, 15) is 9.59 Å². The van der Waals surface area contributed by atoms with Crippen molar-refractivity contribution in [3.05, 3.63) is 51.3 Å². The lowest BCUT2D eigenvalue weighted by atomic mass is 10.1. The second-order valence-electron chi connectivity index (χ2n) is 6.57. The number of hydrogen-bond donors (Lipinski definition) is 0. The minimum Gasteiger partial charge on any atom is -0.494 e. The number of carbonyl (C=O) groups excluding carboxylic acids is 2. The van der Waals surface area contributed by atoms with E-state index in [1.54, 1.807) is 42.5 Å². The van der Waals surface area contributed by atoms with E-state index in [4.69, 9.17) is 26.4 Å². The number of hydrogen-bond acceptors (Lipinski definition) is 8. The fourth-order valence-electron chi connectivity index (χ4n) is 2.96.